The van der Waals surface area contributed by atoms with Crippen molar-refractivity contribution in [2.75, 3.05) is 5.75 Å². The van der Waals surface area contributed by atoms with E-state index in [1.165, 1.54) is 27.8 Å². The van der Waals surface area contributed by atoms with Crippen LogP contribution < -0.4 is 0 Å². The second-order valence-corrected chi connectivity index (χ2v) is 10.1. The van der Waals surface area contributed by atoms with Crippen LogP contribution in [0.1, 0.15) is 67.2 Å². The summed E-state index contributed by atoms with van der Waals surface area (Å²) in [4.78, 5) is 23.1. The van der Waals surface area contributed by atoms with E-state index in [9.17, 15) is 0 Å². The van der Waals surface area contributed by atoms with E-state index in [-0.39, 0.29) is 0 Å². The third-order valence-corrected chi connectivity index (χ3v) is 6.15. The lowest BCUT2D eigenvalue weighted by molar-refractivity contribution is -0.159. The lowest BCUT2D eigenvalue weighted by atomic mass is 10.1. The van der Waals surface area contributed by atoms with Crippen molar-refractivity contribution in [1.29, 1.82) is 0 Å². The highest BCUT2D eigenvalue weighted by Crippen LogP contribution is 2.25. The Kier molecular flexibility index (Phi) is 14.3. The van der Waals surface area contributed by atoms with E-state index in [4.69, 9.17) is 24.8 Å². The van der Waals surface area contributed by atoms with E-state index in [0.29, 0.717) is 0 Å². The lowest BCUT2D eigenvalue weighted by Gasteiger charge is -2.07. The number of imidazole rings is 1. The molecule has 6 nitrogen and oxygen atoms in total. The molecule has 196 valence electrons. The Morgan fingerprint density at radius 2 is 1.36 bits per heavy atom. The van der Waals surface area contributed by atoms with Crippen LogP contribution in [-0.2, 0) is 16.1 Å². The maximum atomic E-state index is 9.10. The van der Waals surface area contributed by atoms with Gasteiger partial charge in [-0.15, -0.1) is 0 Å². The molecule has 0 atom stereocenters. The minimum absolute atomic E-state index is 0.882. The van der Waals surface area contributed by atoms with Gasteiger partial charge in [-0.3, -0.25) is 0 Å². The third-order valence-electron chi connectivity index (χ3n) is 5.25. The topological polar surface area (TPSA) is 92.4 Å². The monoisotopic (exact) mass is 512 g/mol. The zero-order chi connectivity index (χ0) is 27.1. The number of aliphatic carboxylic acids is 2. The van der Waals surface area contributed by atoms with Crippen molar-refractivity contribution in [2.24, 2.45) is 0 Å². The number of thioether (sulfide) groups is 1. The van der Waals surface area contributed by atoms with Gasteiger partial charge in [0, 0.05) is 12.3 Å². The van der Waals surface area contributed by atoms with E-state index in [2.05, 4.69) is 94.7 Å². The van der Waals surface area contributed by atoms with Gasteiger partial charge in [-0.05, 0) is 79.4 Å². The SMILES string of the molecule is CC(C)=CCCC(C)=CCSc1nc2ccccc2n1C/C=C(/C)CCC=C(C)C.O=C(O)C(=O)O. The number of benzene rings is 1. The van der Waals surface area contributed by atoms with Gasteiger partial charge in [0.2, 0.25) is 0 Å². The molecule has 1 aromatic carbocycles. The molecule has 0 saturated heterocycles. The maximum Gasteiger partial charge on any atom is 0.414 e. The highest BCUT2D eigenvalue weighted by molar-refractivity contribution is 7.99. The summed E-state index contributed by atoms with van der Waals surface area (Å²) >= 11 is 1.84. The Morgan fingerprint density at radius 1 is 0.833 bits per heavy atom. The minimum atomic E-state index is -1.82. The number of fused-ring (bicyclic) bond motifs is 1. The smallest absolute Gasteiger partial charge is 0.414 e. The average molecular weight is 513 g/mol. The summed E-state index contributed by atoms with van der Waals surface area (Å²) in [6.07, 6.45) is 13.8. The van der Waals surface area contributed by atoms with Crippen molar-refractivity contribution >= 4 is 34.7 Å². The molecule has 2 rings (SSSR count). The number of hydrogen-bond acceptors (Lipinski definition) is 4. The minimum Gasteiger partial charge on any atom is -0.473 e. The van der Waals surface area contributed by atoms with Crippen LogP contribution in [0.5, 0.6) is 0 Å². The van der Waals surface area contributed by atoms with Crippen molar-refractivity contribution in [3.63, 3.8) is 0 Å². The molecule has 2 N–H and O–H groups in total. The second-order valence-electron chi connectivity index (χ2n) is 9.16. The molecule has 2 aromatic rings. The number of allylic oxidation sites excluding steroid dienone is 7. The largest absolute Gasteiger partial charge is 0.473 e. The first-order valence-electron chi connectivity index (χ1n) is 12.1. The Bertz CT molecular complexity index is 1120. The summed E-state index contributed by atoms with van der Waals surface area (Å²) in [5.41, 5.74) is 7.99. The Labute approximate surface area is 219 Å². The van der Waals surface area contributed by atoms with Gasteiger partial charge in [0.1, 0.15) is 0 Å². The first-order valence-corrected chi connectivity index (χ1v) is 13.1. The number of rotatable bonds is 11. The first kappa shape index (κ1) is 31.0. The van der Waals surface area contributed by atoms with Gasteiger partial charge < -0.3 is 14.8 Å². The van der Waals surface area contributed by atoms with Crippen molar-refractivity contribution in [3.05, 3.63) is 70.9 Å². The van der Waals surface area contributed by atoms with Gasteiger partial charge in [0.15, 0.2) is 5.16 Å². The van der Waals surface area contributed by atoms with E-state index in [0.717, 1.165) is 48.7 Å². The molecule has 1 aromatic heterocycles. The number of hydrogen-bond donors (Lipinski definition) is 2. The Morgan fingerprint density at radius 3 is 1.89 bits per heavy atom. The molecule has 0 aliphatic rings. The molecule has 0 aliphatic heterocycles. The van der Waals surface area contributed by atoms with Crippen molar-refractivity contribution in [1.82, 2.24) is 9.55 Å². The highest BCUT2D eigenvalue weighted by atomic mass is 32.2. The summed E-state index contributed by atoms with van der Waals surface area (Å²) in [6.45, 7) is 14.0. The first-order chi connectivity index (χ1) is 17.0. The summed E-state index contributed by atoms with van der Waals surface area (Å²) < 4.78 is 2.36. The molecule has 0 amide bonds. The van der Waals surface area contributed by atoms with Gasteiger partial charge in [0.25, 0.3) is 0 Å². The fraction of sp³-hybridized carbons (Fsp3) is 0.414. The van der Waals surface area contributed by atoms with E-state index >= 15 is 0 Å². The number of para-hydroxylation sites is 2. The molecule has 36 heavy (non-hydrogen) atoms. The van der Waals surface area contributed by atoms with Crippen molar-refractivity contribution in [2.45, 2.75) is 78.9 Å². The van der Waals surface area contributed by atoms with Crippen LogP contribution in [0.4, 0.5) is 0 Å². The molecule has 0 unspecified atom stereocenters. The standard InChI is InChI=1S/C27H38N2S.C2H2O4/c1-21(2)11-9-13-23(5)17-19-29-26-16-8-7-15-25(26)28-27(29)30-20-18-24(6)14-10-12-22(3)4;3-1(4)2(5)6/h7-8,11-12,15-18H,9-10,13-14,19-20H2,1-6H3;(H,3,4)(H,5,6)/b23-17-,24-18?;. The fourth-order valence-electron chi connectivity index (χ4n) is 3.23. The number of carbonyl (C=O) groups is 2. The highest BCUT2D eigenvalue weighted by Gasteiger charge is 2.09. The van der Waals surface area contributed by atoms with Crippen LogP contribution in [0, 0.1) is 0 Å². The number of carboxylic acid groups (broad SMARTS) is 2. The molecule has 0 aliphatic carbocycles. The molecule has 0 fully saturated rings. The Hall–Kier alpha value is -3.06. The summed E-state index contributed by atoms with van der Waals surface area (Å²) in [5.74, 6) is -2.68. The fourth-order valence-corrected chi connectivity index (χ4v) is 4.24. The van der Waals surface area contributed by atoms with E-state index in [1.807, 2.05) is 11.8 Å². The zero-order valence-corrected chi connectivity index (χ0v) is 23.2. The maximum absolute atomic E-state index is 9.10. The van der Waals surface area contributed by atoms with Gasteiger partial charge in [-0.1, -0.05) is 70.5 Å². The van der Waals surface area contributed by atoms with Crippen LogP contribution in [0.15, 0.2) is 76.0 Å². The molecular formula is C29H40N2O4S. The third kappa shape index (κ3) is 12.6. The molecule has 0 radical (unpaired) electrons. The summed E-state index contributed by atoms with van der Waals surface area (Å²) in [5, 5.41) is 15.9. The van der Waals surface area contributed by atoms with Gasteiger partial charge >= 0.3 is 11.9 Å². The molecule has 7 heteroatoms. The van der Waals surface area contributed by atoms with Gasteiger partial charge in [-0.2, -0.15) is 0 Å². The predicted octanol–water partition coefficient (Wildman–Crippen LogP) is 7.67. The predicted molar refractivity (Wildman–Crippen MR) is 151 cm³/mol. The summed E-state index contributed by atoms with van der Waals surface area (Å²) in [6, 6.07) is 8.47. The zero-order valence-electron chi connectivity index (χ0n) is 22.4. The Balaban J connectivity index is 0.000000960. The molecule has 0 saturated carbocycles. The van der Waals surface area contributed by atoms with Crippen LogP contribution in [0.3, 0.4) is 0 Å². The van der Waals surface area contributed by atoms with Gasteiger partial charge in [-0.25, -0.2) is 14.6 Å². The normalized spacial score (nSPS) is 11.5. The van der Waals surface area contributed by atoms with Crippen LogP contribution in [-0.4, -0.2) is 37.5 Å². The summed E-state index contributed by atoms with van der Waals surface area (Å²) in [7, 11) is 0. The number of nitrogens with zero attached hydrogens (tertiary/aromatic N) is 2. The second kappa shape index (κ2) is 16.6. The van der Waals surface area contributed by atoms with E-state index < -0.39 is 11.9 Å². The van der Waals surface area contributed by atoms with E-state index in [1.54, 1.807) is 0 Å². The van der Waals surface area contributed by atoms with Crippen LogP contribution in [0.2, 0.25) is 0 Å². The molecule has 0 bridgehead atoms. The van der Waals surface area contributed by atoms with Gasteiger partial charge in [0.05, 0.1) is 11.0 Å². The van der Waals surface area contributed by atoms with Crippen molar-refractivity contribution in [3.8, 4) is 0 Å². The molecule has 1 heterocycles. The quantitative estimate of drug-likeness (QED) is 0.182. The number of aromatic nitrogens is 2. The van der Waals surface area contributed by atoms with Crippen LogP contribution >= 0.6 is 11.8 Å². The van der Waals surface area contributed by atoms with Crippen molar-refractivity contribution < 1.29 is 19.8 Å². The molecular weight excluding hydrogens is 472 g/mol. The molecule has 0 spiro atoms. The average Bonchev–Trinajstić information content (AvgIpc) is 3.14. The lowest BCUT2D eigenvalue weighted by Crippen LogP contribution is -2.09. The number of carboxylic acids is 2. The van der Waals surface area contributed by atoms with Crippen LogP contribution in [0.25, 0.3) is 11.0 Å².